The molecule has 0 saturated heterocycles. The van der Waals surface area contributed by atoms with Crippen LogP contribution in [0.1, 0.15) is 33.3 Å². The van der Waals surface area contributed by atoms with Crippen LogP contribution in [-0.4, -0.2) is 61.6 Å². The fourth-order valence-corrected chi connectivity index (χ4v) is 4.97. The van der Waals surface area contributed by atoms with Crippen molar-refractivity contribution in [3.8, 4) is 40.3 Å². The Hall–Kier alpha value is -4.39. The number of hydrogen-bond acceptors (Lipinski definition) is 10. The largest absolute Gasteiger partial charge is 0.497 e. The molecule has 4 aromatic rings. The van der Waals surface area contributed by atoms with E-state index < -0.39 is 28.8 Å². The molecule has 1 heterocycles. The normalized spacial score (nSPS) is 13.1. The first-order valence-corrected chi connectivity index (χ1v) is 15.2. The van der Waals surface area contributed by atoms with Gasteiger partial charge in [0.2, 0.25) is 5.75 Å². The predicted octanol–water partition coefficient (Wildman–Crippen LogP) is 5.17. The first-order chi connectivity index (χ1) is 20.8. The van der Waals surface area contributed by atoms with Crippen molar-refractivity contribution in [1.29, 1.82) is 0 Å². The maximum atomic E-state index is 13.7. The van der Waals surface area contributed by atoms with Gasteiger partial charge in [0.1, 0.15) is 18.0 Å². The smallest absolute Gasteiger partial charge is 0.263 e. The Morgan fingerprint density at radius 2 is 1.48 bits per heavy atom. The van der Waals surface area contributed by atoms with Crippen molar-refractivity contribution < 1.29 is 37.6 Å². The number of rotatable bonds is 12. The van der Waals surface area contributed by atoms with Crippen molar-refractivity contribution in [3.63, 3.8) is 0 Å². The zero-order chi connectivity index (χ0) is 32.1. The van der Waals surface area contributed by atoms with E-state index in [0.29, 0.717) is 17.1 Å². The second-order valence-electron chi connectivity index (χ2n) is 11.3. The maximum absolute atomic E-state index is 13.7. The zero-order valence-corrected chi connectivity index (χ0v) is 26.3. The molecule has 0 amide bonds. The molecule has 0 saturated carbocycles. The van der Waals surface area contributed by atoms with E-state index in [1.165, 1.54) is 33.3 Å². The number of hydrogen-bond donors (Lipinski definition) is 3. The molecule has 11 nitrogen and oxygen atoms in total. The van der Waals surface area contributed by atoms with Crippen LogP contribution in [-0.2, 0) is 15.4 Å². The van der Waals surface area contributed by atoms with E-state index in [1.54, 1.807) is 60.7 Å². The number of anilines is 1. The Kier molecular flexibility index (Phi) is 9.67. The summed E-state index contributed by atoms with van der Waals surface area (Å²) < 4.78 is 52.7. The molecule has 0 spiro atoms. The summed E-state index contributed by atoms with van der Waals surface area (Å²) in [5.74, 6) is 0.674. The van der Waals surface area contributed by atoms with Gasteiger partial charge in [-0.2, -0.15) is 4.98 Å². The third-order valence-corrected chi connectivity index (χ3v) is 7.94. The molecule has 0 fully saturated rings. The van der Waals surface area contributed by atoms with Gasteiger partial charge in [0.15, 0.2) is 23.1 Å². The van der Waals surface area contributed by atoms with Crippen LogP contribution in [0, 0.1) is 0 Å². The lowest BCUT2D eigenvalue weighted by atomic mass is 9.87. The third kappa shape index (κ3) is 7.76. The lowest BCUT2D eigenvalue weighted by molar-refractivity contribution is -0.0338. The van der Waals surface area contributed by atoms with Gasteiger partial charge < -0.3 is 29.2 Å². The number of aromatic nitrogens is 2. The minimum atomic E-state index is -4.20. The monoisotopic (exact) mass is 623 g/mol. The van der Waals surface area contributed by atoms with Gasteiger partial charge in [-0.25, -0.2) is 13.4 Å². The number of nitrogens with one attached hydrogen (secondary N) is 1. The number of sulfonamides is 1. The number of aliphatic hydroxyl groups is 2. The zero-order valence-electron chi connectivity index (χ0n) is 25.5. The Bertz CT molecular complexity index is 1680. The first-order valence-electron chi connectivity index (χ1n) is 13.7. The van der Waals surface area contributed by atoms with Gasteiger partial charge in [-0.3, -0.25) is 4.72 Å². The SMILES string of the molecule is COc1ccc(-c2nc(NS(=O)(=O)c3ccc(C(C)(C)C)cc3)c(Oc3ccccc3OC)c(OCC(C)(O)CO)n2)cc1. The van der Waals surface area contributed by atoms with Crippen molar-refractivity contribution in [2.45, 2.75) is 43.6 Å². The summed E-state index contributed by atoms with van der Waals surface area (Å²) >= 11 is 0. The van der Waals surface area contributed by atoms with E-state index in [-0.39, 0.29) is 39.3 Å². The van der Waals surface area contributed by atoms with Gasteiger partial charge in [0, 0.05) is 5.56 Å². The van der Waals surface area contributed by atoms with E-state index >= 15 is 0 Å². The lowest BCUT2D eigenvalue weighted by Crippen LogP contribution is -2.36. The Morgan fingerprint density at radius 1 is 0.841 bits per heavy atom. The van der Waals surface area contributed by atoms with Gasteiger partial charge in [-0.1, -0.05) is 45.0 Å². The minimum Gasteiger partial charge on any atom is -0.497 e. The number of aliphatic hydroxyl groups excluding tert-OH is 1. The fourth-order valence-electron chi connectivity index (χ4n) is 3.96. The van der Waals surface area contributed by atoms with Crippen LogP contribution in [0.15, 0.2) is 77.7 Å². The van der Waals surface area contributed by atoms with Crippen molar-refractivity contribution in [2.24, 2.45) is 0 Å². The topological polar surface area (TPSA) is 149 Å². The average Bonchev–Trinajstić information content (AvgIpc) is 3.01. The Labute approximate surface area is 257 Å². The summed E-state index contributed by atoms with van der Waals surface area (Å²) in [6.07, 6.45) is 0. The van der Waals surface area contributed by atoms with Gasteiger partial charge in [-0.05, 0) is 66.4 Å². The van der Waals surface area contributed by atoms with Crippen LogP contribution >= 0.6 is 0 Å². The molecule has 0 aliphatic carbocycles. The molecule has 1 atom stereocenters. The maximum Gasteiger partial charge on any atom is 0.263 e. The molecule has 234 valence electrons. The van der Waals surface area contributed by atoms with Crippen LogP contribution in [0.5, 0.6) is 28.9 Å². The molecular formula is C32H37N3O8S. The second-order valence-corrected chi connectivity index (χ2v) is 13.0. The van der Waals surface area contributed by atoms with E-state index in [4.69, 9.17) is 18.9 Å². The number of para-hydroxylation sites is 2. The van der Waals surface area contributed by atoms with E-state index in [9.17, 15) is 18.6 Å². The molecule has 1 unspecified atom stereocenters. The summed E-state index contributed by atoms with van der Waals surface area (Å²) in [6, 6.07) is 20.1. The lowest BCUT2D eigenvalue weighted by Gasteiger charge is -2.23. The van der Waals surface area contributed by atoms with E-state index in [0.717, 1.165) is 5.56 Å². The van der Waals surface area contributed by atoms with Crippen LogP contribution in [0.2, 0.25) is 0 Å². The molecule has 0 aliphatic heterocycles. The number of ether oxygens (including phenoxy) is 4. The molecule has 0 radical (unpaired) electrons. The van der Waals surface area contributed by atoms with Gasteiger partial charge >= 0.3 is 0 Å². The second kappa shape index (κ2) is 13.1. The van der Waals surface area contributed by atoms with Crippen LogP contribution < -0.4 is 23.7 Å². The highest BCUT2D eigenvalue weighted by Gasteiger charge is 2.28. The average molecular weight is 624 g/mol. The van der Waals surface area contributed by atoms with Crippen LogP contribution in [0.4, 0.5) is 5.82 Å². The first kappa shape index (κ1) is 32.5. The van der Waals surface area contributed by atoms with Crippen LogP contribution in [0.25, 0.3) is 11.4 Å². The van der Waals surface area contributed by atoms with E-state index in [2.05, 4.69) is 14.7 Å². The minimum absolute atomic E-state index is 0.00373. The molecule has 3 N–H and O–H groups in total. The molecule has 12 heteroatoms. The van der Waals surface area contributed by atoms with Crippen molar-refractivity contribution >= 4 is 15.8 Å². The summed E-state index contributed by atoms with van der Waals surface area (Å²) in [7, 11) is -1.20. The molecule has 0 bridgehead atoms. The van der Waals surface area contributed by atoms with Crippen molar-refractivity contribution in [1.82, 2.24) is 9.97 Å². The fraction of sp³-hybridized carbons (Fsp3) is 0.312. The number of benzene rings is 3. The van der Waals surface area contributed by atoms with E-state index in [1.807, 2.05) is 20.8 Å². The summed E-state index contributed by atoms with van der Waals surface area (Å²) in [6.45, 7) is 6.49. The predicted molar refractivity (Wildman–Crippen MR) is 166 cm³/mol. The molecule has 3 aromatic carbocycles. The summed E-state index contributed by atoms with van der Waals surface area (Å²) in [5, 5.41) is 20.1. The van der Waals surface area contributed by atoms with Crippen molar-refractivity contribution in [3.05, 3.63) is 78.4 Å². The molecular weight excluding hydrogens is 586 g/mol. The molecule has 1 aromatic heterocycles. The van der Waals surface area contributed by atoms with Gasteiger partial charge in [-0.15, -0.1) is 0 Å². The summed E-state index contributed by atoms with van der Waals surface area (Å²) in [4.78, 5) is 9.07. The summed E-state index contributed by atoms with van der Waals surface area (Å²) in [5.41, 5.74) is -0.329. The third-order valence-electron chi connectivity index (χ3n) is 6.59. The van der Waals surface area contributed by atoms with Gasteiger partial charge in [0.05, 0.1) is 25.7 Å². The quantitative estimate of drug-likeness (QED) is 0.193. The number of methoxy groups -OCH3 is 2. The van der Waals surface area contributed by atoms with Gasteiger partial charge in [0.25, 0.3) is 15.9 Å². The number of nitrogens with zero attached hydrogens (tertiary/aromatic N) is 2. The standard InChI is InChI=1S/C32H37N3O8S/c1-31(2,3)22-13-17-24(18-14-22)44(38,39)35-29-27(43-26-10-8-7-9-25(26)41-6)30(42-20-32(4,37)19-36)34-28(33-29)21-11-15-23(40-5)16-12-21/h7-18,36-37H,19-20H2,1-6H3,(H,33,34,35). The highest BCUT2D eigenvalue weighted by Crippen LogP contribution is 2.42. The highest BCUT2D eigenvalue weighted by atomic mass is 32.2. The Morgan fingerprint density at radius 3 is 2.05 bits per heavy atom. The van der Waals surface area contributed by atoms with Crippen molar-refractivity contribution in [2.75, 3.05) is 32.2 Å². The molecule has 4 rings (SSSR count). The van der Waals surface area contributed by atoms with Crippen LogP contribution in [0.3, 0.4) is 0 Å². The highest BCUT2D eigenvalue weighted by molar-refractivity contribution is 7.92. The molecule has 0 aliphatic rings. The Balaban J connectivity index is 1.89. The molecule has 44 heavy (non-hydrogen) atoms.